The molecule has 2 aromatic carbocycles. The van der Waals surface area contributed by atoms with Crippen LogP contribution >= 0.6 is 28.1 Å². The predicted molar refractivity (Wildman–Crippen MR) is 89.2 cm³/mol. The number of halogens is 1. The van der Waals surface area contributed by atoms with Gasteiger partial charge in [0.2, 0.25) is 0 Å². The maximum absolute atomic E-state index is 5.76. The lowest BCUT2D eigenvalue weighted by Crippen LogP contribution is -2.12. The van der Waals surface area contributed by atoms with Crippen molar-refractivity contribution < 1.29 is 0 Å². The molecule has 0 spiro atoms. The van der Waals surface area contributed by atoms with Gasteiger partial charge in [0.05, 0.1) is 0 Å². The van der Waals surface area contributed by atoms with E-state index in [1.807, 2.05) is 37.3 Å². The summed E-state index contributed by atoms with van der Waals surface area (Å²) in [5.41, 5.74) is 10.9. The highest BCUT2D eigenvalue weighted by Gasteiger charge is 2.06. The van der Waals surface area contributed by atoms with Gasteiger partial charge in [-0.2, -0.15) is 0 Å². The summed E-state index contributed by atoms with van der Waals surface area (Å²) in [7, 11) is 0. The molecule has 0 atom stereocenters. The third kappa shape index (κ3) is 3.33. The van der Waals surface area contributed by atoms with Crippen molar-refractivity contribution in [1.82, 2.24) is 0 Å². The number of thiocarbonyl (C=S) groups is 1. The molecule has 19 heavy (non-hydrogen) atoms. The molecule has 98 valence electrons. The van der Waals surface area contributed by atoms with Crippen molar-refractivity contribution in [2.45, 2.75) is 13.8 Å². The van der Waals surface area contributed by atoms with E-state index in [-0.39, 0.29) is 0 Å². The molecule has 0 fully saturated rings. The molecule has 0 aromatic heterocycles. The molecule has 0 aliphatic carbocycles. The maximum Gasteiger partial charge on any atom is 0.106 e. The summed E-state index contributed by atoms with van der Waals surface area (Å²) < 4.78 is 1.09. The van der Waals surface area contributed by atoms with E-state index >= 15 is 0 Å². The van der Waals surface area contributed by atoms with Crippen molar-refractivity contribution in [1.29, 1.82) is 0 Å². The number of nitrogens with two attached hydrogens (primary N) is 1. The standard InChI is InChI=1S/C15H15BrN2S/c1-9-3-5-12(15(17)19)14(7-9)18-11-4-6-13(16)10(2)8-11/h3-8,18H,1-2H3,(H2,17,19). The SMILES string of the molecule is Cc1ccc(C(N)=S)c(Nc2ccc(Br)c(C)c2)c1. The average Bonchev–Trinajstić information content (AvgIpc) is 2.33. The molecule has 2 nitrogen and oxygen atoms in total. The van der Waals surface area contributed by atoms with Gasteiger partial charge in [0.25, 0.3) is 0 Å². The molecule has 0 unspecified atom stereocenters. The zero-order valence-electron chi connectivity index (χ0n) is 10.8. The van der Waals surface area contributed by atoms with Crippen LogP contribution in [-0.4, -0.2) is 4.99 Å². The Kier molecular flexibility index (Phi) is 4.22. The van der Waals surface area contributed by atoms with Gasteiger partial charge in [-0.3, -0.25) is 0 Å². The quantitative estimate of drug-likeness (QED) is 0.814. The summed E-state index contributed by atoms with van der Waals surface area (Å²) in [6, 6.07) is 12.1. The summed E-state index contributed by atoms with van der Waals surface area (Å²) in [4.78, 5) is 0.399. The van der Waals surface area contributed by atoms with Crippen LogP contribution in [0.1, 0.15) is 16.7 Å². The molecule has 2 rings (SSSR count). The number of anilines is 2. The van der Waals surface area contributed by atoms with Gasteiger partial charge in [-0.1, -0.05) is 34.2 Å². The zero-order valence-corrected chi connectivity index (χ0v) is 13.2. The van der Waals surface area contributed by atoms with Crippen molar-refractivity contribution in [3.8, 4) is 0 Å². The normalized spacial score (nSPS) is 10.3. The Morgan fingerprint density at radius 1 is 1.16 bits per heavy atom. The van der Waals surface area contributed by atoms with Crippen LogP contribution in [0.4, 0.5) is 11.4 Å². The van der Waals surface area contributed by atoms with E-state index in [1.54, 1.807) is 0 Å². The number of benzene rings is 2. The molecule has 0 aliphatic rings. The van der Waals surface area contributed by atoms with Crippen molar-refractivity contribution in [3.63, 3.8) is 0 Å². The Balaban J connectivity index is 2.39. The Morgan fingerprint density at radius 3 is 2.53 bits per heavy atom. The number of rotatable bonds is 3. The second kappa shape index (κ2) is 5.72. The summed E-state index contributed by atoms with van der Waals surface area (Å²) in [5, 5.41) is 3.37. The first-order chi connectivity index (χ1) is 8.97. The molecular weight excluding hydrogens is 320 g/mol. The number of aryl methyl sites for hydroxylation is 2. The van der Waals surface area contributed by atoms with Crippen LogP contribution < -0.4 is 11.1 Å². The van der Waals surface area contributed by atoms with Gasteiger partial charge < -0.3 is 11.1 Å². The fourth-order valence-electron chi connectivity index (χ4n) is 1.85. The highest BCUT2D eigenvalue weighted by Crippen LogP contribution is 2.25. The highest BCUT2D eigenvalue weighted by atomic mass is 79.9. The molecule has 4 heteroatoms. The molecule has 2 aromatic rings. The van der Waals surface area contributed by atoms with Gasteiger partial charge >= 0.3 is 0 Å². The van der Waals surface area contributed by atoms with E-state index in [0.29, 0.717) is 4.99 Å². The zero-order chi connectivity index (χ0) is 14.0. The molecule has 0 saturated carbocycles. The van der Waals surface area contributed by atoms with Crippen molar-refractivity contribution in [2.24, 2.45) is 5.73 Å². The minimum Gasteiger partial charge on any atom is -0.389 e. The Bertz CT molecular complexity index is 638. The molecule has 0 amide bonds. The Hall–Kier alpha value is -1.39. The largest absolute Gasteiger partial charge is 0.389 e. The van der Waals surface area contributed by atoms with E-state index in [0.717, 1.165) is 27.0 Å². The fraction of sp³-hybridized carbons (Fsp3) is 0.133. The van der Waals surface area contributed by atoms with E-state index < -0.39 is 0 Å². The number of nitrogens with one attached hydrogen (secondary N) is 1. The second-order valence-electron chi connectivity index (χ2n) is 4.50. The molecular formula is C15H15BrN2S. The van der Waals surface area contributed by atoms with Crippen LogP contribution in [-0.2, 0) is 0 Å². The predicted octanol–water partition coefficient (Wildman–Crippen LogP) is 4.44. The first kappa shape index (κ1) is 14.0. The number of hydrogen-bond acceptors (Lipinski definition) is 2. The van der Waals surface area contributed by atoms with E-state index in [2.05, 4.69) is 34.2 Å². The molecule has 0 aliphatic heterocycles. The molecule has 3 N–H and O–H groups in total. The van der Waals surface area contributed by atoms with Crippen molar-refractivity contribution >= 4 is 44.5 Å². The van der Waals surface area contributed by atoms with Crippen LogP contribution in [0.3, 0.4) is 0 Å². The third-order valence-electron chi connectivity index (χ3n) is 2.88. The van der Waals surface area contributed by atoms with Gasteiger partial charge in [0, 0.05) is 21.4 Å². The maximum atomic E-state index is 5.76. The van der Waals surface area contributed by atoms with Crippen LogP contribution in [0.5, 0.6) is 0 Å². The smallest absolute Gasteiger partial charge is 0.106 e. The van der Waals surface area contributed by atoms with Crippen LogP contribution in [0.2, 0.25) is 0 Å². The van der Waals surface area contributed by atoms with Crippen molar-refractivity contribution in [2.75, 3.05) is 5.32 Å². The summed E-state index contributed by atoms with van der Waals surface area (Å²) in [6.45, 7) is 4.10. The minimum absolute atomic E-state index is 0.399. The number of hydrogen-bond donors (Lipinski definition) is 2. The third-order valence-corrected chi connectivity index (χ3v) is 3.99. The molecule has 0 bridgehead atoms. The fourth-order valence-corrected chi connectivity index (χ4v) is 2.28. The Labute approximate surface area is 127 Å². The summed E-state index contributed by atoms with van der Waals surface area (Å²) in [6.07, 6.45) is 0. The van der Waals surface area contributed by atoms with Gasteiger partial charge in [-0.15, -0.1) is 0 Å². The molecule has 0 saturated heterocycles. The highest BCUT2D eigenvalue weighted by molar-refractivity contribution is 9.10. The second-order valence-corrected chi connectivity index (χ2v) is 5.80. The van der Waals surface area contributed by atoms with Gasteiger partial charge in [-0.25, -0.2) is 0 Å². The van der Waals surface area contributed by atoms with Crippen LogP contribution in [0, 0.1) is 13.8 Å². The average molecular weight is 335 g/mol. The topological polar surface area (TPSA) is 38.0 Å². The van der Waals surface area contributed by atoms with E-state index in [9.17, 15) is 0 Å². The Morgan fingerprint density at radius 2 is 1.89 bits per heavy atom. The van der Waals surface area contributed by atoms with Crippen LogP contribution in [0.25, 0.3) is 0 Å². The molecule has 0 radical (unpaired) electrons. The lowest BCUT2D eigenvalue weighted by atomic mass is 10.1. The van der Waals surface area contributed by atoms with E-state index in [1.165, 1.54) is 5.56 Å². The first-order valence-electron chi connectivity index (χ1n) is 5.91. The minimum atomic E-state index is 0.399. The lowest BCUT2D eigenvalue weighted by Gasteiger charge is -2.13. The van der Waals surface area contributed by atoms with Gasteiger partial charge in [0.1, 0.15) is 4.99 Å². The van der Waals surface area contributed by atoms with Gasteiger partial charge in [0.15, 0.2) is 0 Å². The first-order valence-corrected chi connectivity index (χ1v) is 7.11. The molecule has 0 heterocycles. The van der Waals surface area contributed by atoms with E-state index in [4.69, 9.17) is 18.0 Å². The van der Waals surface area contributed by atoms with Crippen molar-refractivity contribution in [3.05, 3.63) is 57.6 Å². The lowest BCUT2D eigenvalue weighted by molar-refractivity contribution is 1.40. The van der Waals surface area contributed by atoms with Crippen LogP contribution in [0.15, 0.2) is 40.9 Å². The van der Waals surface area contributed by atoms with Gasteiger partial charge in [-0.05, 0) is 55.3 Å². The monoisotopic (exact) mass is 334 g/mol. The summed E-state index contributed by atoms with van der Waals surface area (Å²) >= 11 is 8.58. The summed E-state index contributed by atoms with van der Waals surface area (Å²) in [5.74, 6) is 0.